The Morgan fingerprint density at radius 3 is 2.78 bits per heavy atom. The molecule has 2 aromatic heterocycles. The summed E-state index contributed by atoms with van der Waals surface area (Å²) in [6, 6.07) is 12.0. The molecule has 1 aliphatic rings. The summed E-state index contributed by atoms with van der Waals surface area (Å²) in [5.41, 5.74) is 8.09. The fourth-order valence-electron chi connectivity index (χ4n) is 3.86. The maximum absolute atomic E-state index is 12.5. The Hall–Kier alpha value is -3.11. The number of hydrogen-bond acceptors (Lipinski definition) is 5. The summed E-state index contributed by atoms with van der Waals surface area (Å²) in [5, 5.41) is 18.0. The molecule has 7 nitrogen and oxygen atoms in total. The number of anilines is 2. The predicted molar refractivity (Wildman–Crippen MR) is 105 cm³/mol. The van der Waals surface area contributed by atoms with E-state index in [0.29, 0.717) is 17.7 Å². The second kappa shape index (κ2) is 7.25. The second-order valence-corrected chi connectivity index (χ2v) is 6.97. The van der Waals surface area contributed by atoms with E-state index in [1.54, 1.807) is 6.20 Å². The lowest BCUT2D eigenvalue weighted by Gasteiger charge is -2.27. The fraction of sp³-hybridized carbons (Fsp3) is 0.350. The van der Waals surface area contributed by atoms with Crippen molar-refractivity contribution in [1.29, 1.82) is 5.26 Å². The minimum atomic E-state index is -0.191. The maximum atomic E-state index is 12.5. The topological polar surface area (TPSA) is 113 Å². The molecule has 1 aromatic carbocycles. The molecular weight excluding hydrogens is 340 g/mol. The Balaban J connectivity index is 1.79. The van der Waals surface area contributed by atoms with Crippen LogP contribution in [0.4, 0.5) is 11.5 Å². The maximum Gasteiger partial charge on any atom is 0.261 e. The smallest absolute Gasteiger partial charge is 0.261 e. The van der Waals surface area contributed by atoms with Crippen molar-refractivity contribution in [3.63, 3.8) is 0 Å². The number of nitrogens with one attached hydrogen (secondary N) is 2. The van der Waals surface area contributed by atoms with Crippen LogP contribution in [-0.4, -0.2) is 14.8 Å². The monoisotopic (exact) mass is 362 g/mol. The normalized spacial score (nSPS) is 19.7. The number of benzene rings is 1. The van der Waals surface area contributed by atoms with E-state index in [1.165, 1.54) is 0 Å². The van der Waals surface area contributed by atoms with Gasteiger partial charge in [0.1, 0.15) is 5.39 Å². The Labute approximate surface area is 156 Å². The zero-order chi connectivity index (χ0) is 18.8. The highest BCUT2D eigenvalue weighted by Gasteiger charge is 2.29. The van der Waals surface area contributed by atoms with Gasteiger partial charge in [-0.3, -0.25) is 9.48 Å². The minimum Gasteiger partial charge on any atom is -0.338 e. The number of rotatable bonds is 4. The largest absolute Gasteiger partial charge is 0.338 e. The zero-order valence-corrected chi connectivity index (χ0v) is 15.0. The van der Waals surface area contributed by atoms with Crippen LogP contribution in [0.2, 0.25) is 0 Å². The molecule has 27 heavy (non-hydrogen) atoms. The van der Waals surface area contributed by atoms with Gasteiger partial charge in [0.25, 0.3) is 5.56 Å². The number of nitrogens with zero attached hydrogens (tertiary/aromatic N) is 3. The zero-order valence-electron chi connectivity index (χ0n) is 15.0. The number of hydrogen-bond donors (Lipinski definition) is 3. The van der Waals surface area contributed by atoms with E-state index in [-0.39, 0.29) is 17.5 Å². The summed E-state index contributed by atoms with van der Waals surface area (Å²) < 4.78 is 1.87. The molecule has 2 heterocycles. The Kier molecular flexibility index (Phi) is 4.65. The molecule has 0 spiro atoms. The average molecular weight is 362 g/mol. The van der Waals surface area contributed by atoms with Gasteiger partial charge in [-0.05, 0) is 36.6 Å². The van der Waals surface area contributed by atoms with Crippen LogP contribution < -0.4 is 16.6 Å². The molecule has 0 aliphatic heterocycles. The van der Waals surface area contributed by atoms with Crippen molar-refractivity contribution in [2.75, 3.05) is 5.32 Å². The second-order valence-electron chi connectivity index (χ2n) is 6.97. The van der Waals surface area contributed by atoms with Crippen LogP contribution in [0, 0.1) is 17.2 Å². The van der Waals surface area contributed by atoms with Crippen molar-refractivity contribution >= 4 is 22.4 Å². The van der Waals surface area contributed by atoms with Crippen LogP contribution >= 0.6 is 0 Å². The van der Waals surface area contributed by atoms with Crippen molar-refractivity contribution in [2.45, 2.75) is 38.3 Å². The lowest BCUT2D eigenvalue weighted by Crippen LogP contribution is -2.23. The number of aromatic amines is 1. The first-order chi connectivity index (χ1) is 13.2. The number of nitrogens with two attached hydrogens (primary N) is 1. The van der Waals surface area contributed by atoms with Gasteiger partial charge in [-0.25, -0.2) is 0 Å². The summed E-state index contributed by atoms with van der Waals surface area (Å²) in [7, 11) is 0. The van der Waals surface area contributed by atoms with E-state index < -0.39 is 0 Å². The van der Waals surface area contributed by atoms with Gasteiger partial charge in [0, 0.05) is 18.4 Å². The molecule has 7 heteroatoms. The lowest BCUT2D eigenvalue weighted by molar-refractivity contribution is 0.277. The van der Waals surface area contributed by atoms with E-state index in [2.05, 4.69) is 16.4 Å². The third kappa shape index (κ3) is 3.20. The Bertz CT molecular complexity index is 1040. The SMILES string of the molecule is N#CC1CCCCC1n1nc(Nc2ccc(CN)cc2)c2c(=O)[nH]ccc21. The van der Waals surface area contributed by atoms with Gasteiger partial charge in [-0.1, -0.05) is 25.0 Å². The molecule has 1 fully saturated rings. The van der Waals surface area contributed by atoms with E-state index in [4.69, 9.17) is 10.8 Å². The first-order valence-electron chi connectivity index (χ1n) is 9.27. The summed E-state index contributed by atoms with van der Waals surface area (Å²) >= 11 is 0. The number of pyridine rings is 1. The van der Waals surface area contributed by atoms with Crippen LogP contribution in [0.1, 0.15) is 37.3 Å². The minimum absolute atomic E-state index is 0.0109. The predicted octanol–water partition coefficient (Wildman–Crippen LogP) is 3.18. The number of nitriles is 1. The van der Waals surface area contributed by atoms with Gasteiger partial charge in [-0.15, -0.1) is 0 Å². The molecule has 0 bridgehead atoms. The molecule has 138 valence electrons. The van der Waals surface area contributed by atoms with Gasteiger partial charge < -0.3 is 16.0 Å². The van der Waals surface area contributed by atoms with Gasteiger partial charge in [-0.2, -0.15) is 10.4 Å². The molecular formula is C20H22N6O. The summed E-state index contributed by atoms with van der Waals surface area (Å²) in [5.74, 6) is 0.424. The molecule has 1 saturated carbocycles. The molecule has 0 radical (unpaired) electrons. The summed E-state index contributed by atoms with van der Waals surface area (Å²) in [4.78, 5) is 15.2. The first kappa shape index (κ1) is 17.3. The lowest BCUT2D eigenvalue weighted by atomic mass is 9.85. The van der Waals surface area contributed by atoms with Gasteiger partial charge in [0.05, 0.1) is 23.5 Å². The molecule has 4 rings (SSSR count). The fourth-order valence-corrected chi connectivity index (χ4v) is 3.86. The van der Waals surface area contributed by atoms with E-state index in [9.17, 15) is 10.1 Å². The van der Waals surface area contributed by atoms with E-state index >= 15 is 0 Å². The van der Waals surface area contributed by atoms with Crippen molar-refractivity contribution < 1.29 is 0 Å². The van der Waals surface area contributed by atoms with Crippen LogP contribution in [0.5, 0.6) is 0 Å². The third-order valence-electron chi connectivity index (χ3n) is 5.29. The van der Waals surface area contributed by atoms with Crippen LogP contribution in [-0.2, 0) is 6.54 Å². The quantitative estimate of drug-likeness (QED) is 0.660. The Morgan fingerprint density at radius 1 is 1.26 bits per heavy atom. The molecule has 2 atom stereocenters. The van der Waals surface area contributed by atoms with E-state index in [0.717, 1.165) is 42.5 Å². The first-order valence-corrected chi connectivity index (χ1v) is 9.27. The van der Waals surface area contributed by atoms with Crippen molar-refractivity contribution in [1.82, 2.24) is 14.8 Å². The average Bonchev–Trinajstić information content (AvgIpc) is 3.08. The highest BCUT2D eigenvalue weighted by Crippen LogP contribution is 2.36. The van der Waals surface area contributed by atoms with Crippen LogP contribution in [0.25, 0.3) is 10.9 Å². The Morgan fingerprint density at radius 2 is 2.04 bits per heavy atom. The summed E-state index contributed by atoms with van der Waals surface area (Å²) in [6.45, 7) is 0.481. The van der Waals surface area contributed by atoms with E-state index in [1.807, 2.05) is 35.0 Å². The summed E-state index contributed by atoms with van der Waals surface area (Å²) in [6.07, 6.45) is 5.53. The van der Waals surface area contributed by atoms with Crippen molar-refractivity contribution in [3.8, 4) is 6.07 Å². The van der Waals surface area contributed by atoms with Crippen molar-refractivity contribution in [2.24, 2.45) is 11.7 Å². The number of H-pyrrole nitrogens is 1. The van der Waals surface area contributed by atoms with Gasteiger partial charge in [0.15, 0.2) is 5.82 Å². The van der Waals surface area contributed by atoms with Gasteiger partial charge in [0.2, 0.25) is 0 Å². The van der Waals surface area contributed by atoms with Crippen LogP contribution in [0.3, 0.4) is 0 Å². The molecule has 0 amide bonds. The molecule has 4 N–H and O–H groups in total. The van der Waals surface area contributed by atoms with Crippen molar-refractivity contribution in [3.05, 3.63) is 52.4 Å². The highest BCUT2D eigenvalue weighted by atomic mass is 16.1. The van der Waals surface area contributed by atoms with Gasteiger partial charge >= 0.3 is 0 Å². The molecule has 0 saturated heterocycles. The molecule has 3 aromatic rings. The standard InChI is InChI=1S/C20H22N6O/c21-11-13-5-7-15(8-6-13)24-19-18-17(9-10-23-20(18)27)26(25-19)16-4-2-1-3-14(16)12-22/h5-10,14,16H,1-4,11,21H2,(H,23,27)(H,24,25). The van der Waals surface area contributed by atoms with Crippen LogP contribution in [0.15, 0.2) is 41.3 Å². The molecule has 2 unspecified atom stereocenters. The highest BCUT2D eigenvalue weighted by molar-refractivity contribution is 5.91. The molecule has 1 aliphatic carbocycles. The number of aromatic nitrogens is 3. The number of fused-ring (bicyclic) bond motifs is 1. The third-order valence-corrected chi connectivity index (χ3v) is 5.29.